The van der Waals surface area contributed by atoms with Crippen LogP contribution in [0.2, 0.25) is 5.02 Å². The van der Waals surface area contributed by atoms with Crippen molar-refractivity contribution in [1.29, 1.82) is 0 Å². The second kappa shape index (κ2) is 6.27. The van der Waals surface area contributed by atoms with Crippen LogP contribution in [0, 0.1) is 11.8 Å². The van der Waals surface area contributed by atoms with Crippen LogP contribution < -0.4 is 10.1 Å². The van der Waals surface area contributed by atoms with E-state index in [0.29, 0.717) is 29.2 Å². The third-order valence-electron chi connectivity index (χ3n) is 4.82. The summed E-state index contributed by atoms with van der Waals surface area (Å²) in [6.45, 7) is 1.97. The SMILES string of the molecule is CC[C@@H](Oc1ccc(Cl)cc1)C(=O)N[C@H]1C[C@H]2CC[C@H]1C2. The first-order chi connectivity index (χ1) is 10.2. The Kier molecular flexibility index (Phi) is 4.39. The van der Waals surface area contributed by atoms with Crippen LogP contribution in [-0.4, -0.2) is 18.1 Å². The number of carbonyl (C=O) groups excluding carboxylic acids is 1. The second-order valence-corrected chi connectivity index (χ2v) is 6.70. The number of carbonyl (C=O) groups is 1. The second-order valence-electron chi connectivity index (χ2n) is 6.26. The maximum atomic E-state index is 12.4. The average molecular weight is 308 g/mol. The van der Waals surface area contributed by atoms with Crippen molar-refractivity contribution >= 4 is 17.5 Å². The molecule has 2 saturated carbocycles. The Hall–Kier alpha value is -1.22. The van der Waals surface area contributed by atoms with Gasteiger partial charge in [-0.3, -0.25) is 4.79 Å². The number of benzene rings is 1. The molecule has 21 heavy (non-hydrogen) atoms. The molecule has 2 fully saturated rings. The molecule has 0 radical (unpaired) electrons. The van der Waals surface area contributed by atoms with Crippen molar-refractivity contribution in [3.63, 3.8) is 0 Å². The molecule has 0 unspecified atom stereocenters. The summed E-state index contributed by atoms with van der Waals surface area (Å²) in [6, 6.07) is 7.51. The van der Waals surface area contributed by atoms with E-state index >= 15 is 0 Å². The molecule has 0 saturated heterocycles. The van der Waals surface area contributed by atoms with Gasteiger partial charge in [-0.15, -0.1) is 0 Å². The fraction of sp³-hybridized carbons (Fsp3) is 0.588. The highest BCUT2D eigenvalue weighted by Crippen LogP contribution is 2.44. The average Bonchev–Trinajstić information content (AvgIpc) is 3.09. The van der Waals surface area contributed by atoms with Gasteiger partial charge in [0.25, 0.3) is 5.91 Å². The third-order valence-corrected chi connectivity index (χ3v) is 5.07. The highest BCUT2D eigenvalue weighted by atomic mass is 35.5. The zero-order valence-corrected chi connectivity index (χ0v) is 13.1. The molecule has 3 rings (SSSR count). The molecule has 1 N–H and O–H groups in total. The van der Waals surface area contributed by atoms with Crippen LogP contribution in [0.5, 0.6) is 5.75 Å². The van der Waals surface area contributed by atoms with Crippen LogP contribution >= 0.6 is 11.6 Å². The van der Waals surface area contributed by atoms with E-state index in [9.17, 15) is 4.79 Å². The molecule has 3 nitrogen and oxygen atoms in total. The Bertz CT molecular complexity index is 502. The molecule has 114 valence electrons. The Morgan fingerprint density at radius 3 is 2.67 bits per heavy atom. The molecule has 4 atom stereocenters. The first-order valence-corrected chi connectivity index (χ1v) is 8.26. The molecule has 2 aliphatic rings. The number of amides is 1. The Balaban J connectivity index is 1.57. The summed E-state index contributed by atoms with van der Waals surface area (Å²) < 4.78 is 5.80. The Labute approximate surface area is 131 Å². The zero-order valence-electron chi connectivity index (χ0n) is 12.3. The van der Waals surface area contributed by atoms with Crippen molar-refractivity contribution in [3.8, 4) is 5.75 Å². The van der Waals surface area contributed by atoms with Crippen molar-refractivity contribution in [3.05, 3.63) is 29.3 Å². The lowest BCUT2D eigenvalue weighted by atomic mass is 9.95. The molecule has 1 aromatic rings. The zero-order chi connectivity index (χ0) is 14.8. The van der Waals surface area contributed by atoms with E-state index in [1.165, 1.54) is 19.3 Å². The van der Waals surface area contributed by atoms with Crippen molar-refractivity contribution < 1.29 is 9.53 Å². The van der Waals surface area contributed by atoms with Crippen LogP contribution in [0.15, 0.2) is 24.3 Å². The van der Waals surface area contributed by atoms with Crippen LogP contribution in [0.1, 0.15) is 39.0 Å². The lowest BCUT2D eigenvalue weighted by Gasteiger charge is -2.25. The topological polar surface area (TPSA) is 38.3 Å². The number of ether oxygens (including phenoxy) is 1. The van der Waals surface area contributed by atoms with Gasteiger partial charge in [0, 0.05) is 11.1 Å². The molecule has 0 heterocycles. The van der Waals surface area contributed by atoms with Gasteiger partial charge in [0.1, 0.15) is 5.75 Å². The predicted molar refractivity (Wildman–Crippen MR) is 83.5 cm³/mol. The molecular formula is C17H22ClNO2. The van der Waals surface area contributed by atoms with Gasteiger partial charge < -0.3 is 10.1 Å². The summed E-state index contributed by atoms with van der Waals surface area (Å²) in [7, 11) is 0. The Morgan fingerprint density at radius 2 is 2.10 bits per heavy atom. The minimum absolute atomic E-state index is 0.0185. The van der Waals surface area contributed by atoms with Crippen LogP contribution in [0.3, 0.4) is 0 Å². The van der Waals surface area contributed by atoms with Gasteiger partial charge in [0.15, 0.2) is 6.10 Å². The maximum absolute atomic E-state index is 12.4. The predicted octanol–water partition coefficient (Wildman–Crippen LogP) is 3.80. The number of hydrogen-bond acceptors (Lipinski definition) is 2. The summed E-state index contributed by atoms with van der Waals surface area (Å²) in [5.41, 5.74) is 0. The van der Waals surface area contributed by atoms with Crippen molar-refractivity contribution in [2.24, 2.45) is 11.8 Å². The highest BCUT2D eigenvalue weighted by Gasteiger charge is 2.40. The van der Waals surface area contributed by atoms with Gasteiger partial charge in [0.2, 0.25) is 0 Å². The van der Waals surface area contributed by atoms with Gasteiger partial charge in [-0.1, -0.05) is 24.9 Å². The summed E-state index contributed by atoms with van der Waals surface area (Å²) >= 11 is 5.86. The largest absolute Gasteiger partial charge is 0.481 e. The van der Waals surface area contributed by atoms with E-state index in [1.54, 1.807) is 24.3 Å². The first kappa shape index (κ1) is 14.7. The molecular weight excluding hydrogens is 286 g/mol. The molecule has 1 amide bonds. The van der Waals surface area contributed by atoms with Crippen LogP contribution in [0.4, 0.5) is 0 Å². The number of fused-ring (bicyclic) bond motifs is 2. The first-order valence-electron chi connectivity index (χ1n) is 7.88. The lowest BCUT2D eigenvalue weighted by Crippen LogP contribution is -2.45. The maximum Gasteiger partial charge on any atom is 0.261 e. The number of nitrogens with one attached hydrogen (secondary N) is 1. The van der Waals surface area contributed by atoms with Gasteiger partial charge in [-0.2, -0.15) is 0 Å². The fourth-order valence-corrected chi connectivity index (χ4v) is 3.82. The summed E-state index contributed by atoms with van der Waals surface area (Å²) in [5, 5.41) is 3.87. The number of hydrogen-bond donors (Lipinski definition) is 1. The minimum atomic E-state index is -0.426. The van der Waals surface area contributed by atoms with E-state index in [-0.39, 0.29) is 5.91 Å². The number of halogens is 1. The fourth-order valence-electron chi connectivity index (χ4n) is 3.70. The van der Waals surface area contributed by atoms with Gasteiger partial charge in [0.05, 0.1) is 0 Å². The van der Waals surface area contributed by atoms with E-state index in [0.717, 1.165) is 12.3 Å². The Morgan fingerprint density at radius 1 is 1.33 bits per heavy atom. The van der Waals surface area contributed by atoms with Crippen molar-refractivity contribution in [2.45, 2.75) is 51.2 Å². The van der Waals surface area contributed by atoms with Crippen LogP contribution in [-0.2, 0) is 4.79 Å². The summed E-state index contributed by atoms with van der Waals surface area (Å²) in [5.74, 6) is 2.23. The molecule has 1 aromatic carbocycles. The van der Waals surface area contributed by atoms with Gasteiger partial charge in [-0.05, 0) is 61.8 Å². The molecule has 0 aliphatic heterocycles. The van der Waals surface area contributed by atoms with Crippen LogP contribution in [0.25, 0.3) is 0 Å². The molecule has 2 aliphatic carbocycles. The van der Waals surface area contributed by atoms with Crippen molar-refractivity contribution in [1.82, 2.24) is 5.32 Å². The summed E-state index contributed by atoms with van der Waals surface area (Å²) in [4.78, 5) is 12.4. The third kappa shape index (κ3) is 3.34. The highest BCUT2D eigenvalue weighted by molar-refractivity contribution is 6.30. The van der Waals surface area contributed by atoms with E-state index in [2.05, 4.69) is 5.32 Å². The van der Waals surface area contributed by atoms with Gasteiger partial charge >= 0.3 is 0 Å². The summed E-state index contributed by atoms with van der Waals surface area (Å²) in [6.07, 6.45) is 5.29. The molecule has 0 aromatic heterocycles. The van der Waals surface area contributed by atoms with Gasteiger partial charge in [-0.25, -0.2) is 0 Å². The lowest BCUT2D eigenvalue weighted by molar-refractivity contribution is -0.129. The number of rotatable bonds is 5. The molecule has 0 spiro atoms. The minimum Gasteiger partial charge on any atom is -0.481 e. The molecule has 2 bridgehead atoms. The van der Waals surface area contributed by atoms with E-state index < -0.39 is 6.10 Å². The van der Waals surface area contributed by atoms with Crippen molar-refractivity contribution in [2.75, 3.05) is 0 Å². The smallest absolute Gasteiger partial charge is 0.261 e. The van der Waals surface area contributed by atoms with E-state index in [4.69, 9.17) is 16.3 Å². The molecule has 4 heteroatoms. The standard InChI is InChI=1S/C17H22ClNO2/c1-2-16(21-14-7-5-13(18)6-8-14)17(20)19-15-10-11-3-4-12(15)9-11/h5-8,11-12,15-16H,2-4,9-10H2,1H3,(H,19,20)/t11-,12-,15-,16+/m0/s1. The monoisotopic (exact) mass is 307 g/mol. The van der Waals surface area contributed by atoms with E-state index in [1.807, 2.05) is 6.92 Å². The quantitative estimate of drug-likeness (QED) is 0.898. The normalized spacial score (nSPS) is 28.4.